The zero-order valence-electron chi connectivity index (χ0n) is 12.0. The Labute approximate surface area is 134 Å². The molecule has 0 atom stereocenters. The average Bonchev–Trinajstić information content (AvgIpc) is 2.47. The Morgan fingerprint density at radius 1 is 1.09 bits per heavy atom. The predicted octanol–water partition coefficient (Wildman–Crippen LogP) is 2.81. The molecule has 0 N–H and O–H groups in total. The molecule has 0 unspecified atom stereocenters. The van der Waals surface area contributed by atoms with Crippen molar-refractivity contribution in [2.75, 3.05) is 14.1 Å². The number of ether oxygens (including phenoxy) is 1. The molecular weight excluding hydrogens is 326 g/mol. The molecule has 2 rings (SSSR count). The van der Waals surface area contributed by atoms with Gasteiger partial charge in [-0.1, -0.05) is 17.7 Å². The van der Waals surface area contributed by atoms with E-state index in [9.17, 15) is 13.2 Å². The Kier molecular flexibility index (Phi) is 4.85. The van der Waals surface area contributed by atoms with Crippen LogP contribution < -0.4 is 4.74 Å². The molecule has 116 valence electrons. The van der Waals surface area contributed by atoms with Gasteiger partial charge in [-0.05, 0) is 42.5 Å². The van der Waals surface area contributed by atoms with Crippen molar-refractivity contribution in [1.29, 1.82) is 0 Å². The Hall–Kier alpha value is -1.89. The van der Waals surface area contributed by atoms with Gasteiger partial charge >= 0.3 is 5.97 Å². The highest BCUT2D eigenvalue weighted by atomic mass is 35.5. The molecule has 2 aromatic carbocycles. The Balaban J connectivity index is 2.19. The van der Waals surface area contributed by atoms with Gasteiger partial charge in [-0.15, -0.1) is 0 Å². The second-order valence-corrected chi connectivity index (χ2v) is 7.25. The van der Waals surface area contributed by atoms with Crippen LogP contribution in [0.3, 0.4) is 0 Å². The monoisotopic (exact) mass is 339 g/mol. The molecule has 0 saturated heterocycles. The molecule has 0 amide bonds. The first-order valence-corrected chi connectivity index (χ1v) is 8.13. The SMILES string of the molecule is CN(C)S(=O)(=O)c1ccc(C(=O)Oc2cccc(Cl)c2)cc1. The van der Waals surface area contributed by atoms with Crippen LogP contribution in [-0.4, -0.2) is 32.8 Å². The maximum Gasteiger partial charge on any atom is 0.343 e. The number of halogens is 1. The van der Waals surface area contributed by atoms with Crippen molar-refractivity contribution in [2.24, 2.45) is 0 Å². The van der Waals surface area contributed by atoms with Crippen molar-refractivity contribution < 1.29 is 17.9 Å². The summed E-state index contributed by atoms with van der Waals surface area (Å²) in [6.45, 7) is 0. The van der Waals surface area contributed by atoms with Crippen molar-refractivity contribution in [3.05, 3.63) is 59.1 Å². The molecule has 0 radical (unpaired) electrons. The predicted molar refractivity (Wildman–Crippen MR) is 83.7 cm³/mol. The highest BCUT2D eigenvalue weighted by molar-refractivity contribution is 7.89. The molecule has 2 aromatic rings. The molecular formula is C15H14ClNO4S. The van der Waals surface area contributed by atoms with Gasteiger partial charge < -0.3 is 4.74 Å². The molecule has 0 fully saturated rings. The molecule has 0 aromatic heterocycles. The first-order chi connectivity index (χ1) is 10.3. The minimum atomic E-state index is -3.52. The summed E-state index contributed by atoms with van der Waals surface area (Å²) in [5, 5.41) is 0.456. The van der Waals surface area contributed by atoms with Gasteiger partial charge in [0.2, 0.25) is 10.0 Å². The van der Waals surface area contributed by atoms with Gasteiger partial charge in [-0.3, -0.25) is 0 Å². The topological polar surface area (TPSA) is 63.7 Å². The van der Waals surface area contributed by atoms with Crippen LogP contribution in [0.15, 0.2) is 53.4 Å². The van der Waals surface area contributed by atoms with E-state index in [1.54, 1.807) is 18.2 Å². The second kappa shape index (κ2) is 6.48. The van der Waals surface area contributed by atoms with Crippen LogP contribution in [0.2, 0.25) is 5.02 Å². The maximum atomic E-state index is 12.0. The smallest absolute Gasteiger partial charge is 0.343 e. The van der Waals surface area contributed by atoms with Crippen molar-refractivity contribution in [1.82, 2.24) is 4.31 Å². The number of hydrogen-bond acceptors (Lipinski definition) is 4. The lowest BCUT2D eigenvalue weighted by molar-refractivity contribution is 0.0734. The first kappa shape index (κ1) is 16.5. The third-order valence-corrected chi connectivity index (χ3v) is 4.94. The molecule has 0 saturated carbocycles. The Morgan fingerprint density at radius 3 is 2.27 bits per heavy atom. The summed E-state index contributed by atoms with van der Waals surface area (Å²) in [5.74, 6) is -0.265. The molecule has 0 aliphatic heterocycles. The Morgan fingerprint density at radius 2 is 1.73 bits per heavy atom. The zero-order valence-corrected chi connectivity index (χ0v) is 13.6. The van der Waals surface area contributed by atoms with Gasteiger partial charge in [0, 0.05) is 19.1 Å². The third-order valence-electron chi connectivity index (χ3n) is 2.88. The highest BCUT2D eigenvalue weighted by Crippen LogP contribution is 2.19. The zero-order chi connectivity index (χ0) is 16.3. The van der Waals surface area contributed by atoms with Crippen LogP contribution in [0.4, 0.5) is 0 Å². The van der Waals surface area contributed by atoms with Crippen LogP contribution in [0.25, 0.3) is 0 Å². The molecule has 0 bridgehead atoms. The number of rotatable bonds is 4. The molecule has 5 nitrogen and oxygen atoms in total. The van der Waals surface area contributed by atoms with Gasteiger partial charge in [0.05, 0.1) is 10.5 Å². The summed E-state index contributed by atoms with van der Waals surface area (Å²) in [7, 11) is -0.638. The number of carbonyl (C=O) groups is 1. The van der Waals surface area contributed by atoms with E-state index < -0.39 is 16.0 Å². The van der Waals surface area contributed by atoms with Crippen LogP contribution in [0.1, 0.15) is 10.4 Å². The molecule has 7 heteroatoms. The largest absolute Gasteiger partial charge is 0.423 e. The number of nitrogens with zero attached hydrogens (tertiary/aromatic N) is 1. The summed E-state index contributed by atoms with van der Waals surface area (Å²) in [6, 6.07) is 12.0. The van der Waals surface area contributed by atoms with Crippen molar-refractivity contribution in [3.8, 4) is 5.75 Å². The summed E-state index contributed by atoms with van der Waals surface area (Å²) in [6.07, 6.45) is 0. The van der Waals surface area contributed by atoms with Crippen molar-refractivity contribution in [2.45, 2.75) is 4.90 Å². The number of esters is 1. The van der Waals surface area contributed by atoms with Crippen LogP contribution >= 0.6 is 11.6 Å². The fourth-order valence-electron chi connectivity index (χ4n) is 1.67. The minimum Gasteiger partial charge on any atom is -0.423 e. The average molecular weight is 340 g/mol. The van der Waals surface area contributed by atoms with Crippen LogP contribution in [0, 0.1) is 0 Å². The summed E-state index contributed by atoms with van der Waals surface area (Å²) in [5.41, 5.74) is 0.248. The number of sulfonamides is 1. The lowest BCUT2D eigenvalue weighted by atomic mass is 10.2. The van der Waals surface area contributed by atoms with E-state index in [1.807, 2.05) is 0 Å². The van der Waals surface area contributed by atoms with Gasteiger partial charge in [0.1, 0.15) is 5.75 Å². The van der Waals surface area contributed by atoms with E-state index in [2.05, 4.69) is 0 Å². The van der Waals surface area contributed by atoms with E-state index in [0.717, 1.165) is 4.31 Å². The highest BCUT2D eigenvalue weighted by Gasteiger charge is 2.18. The van der Waals surface area contributed by atoms with E-state index >= 15 is 0 Å². The fourth-order valence-corrected chi connectivity index (χ4v) is 2.75. The summed E-state index contributed by atoms with van der Waals surface area (Å²) < 4.78 is 30.1. The van der Waals surface area contributed by atoms with E-state index in [1.165, 1.54) is 44.4 Å². The van der Waals surface area contributed by atoms with E-state index in [-0.39, 0.29) is 10.5 Å². The lowest BCUT2D eigenvalue weighted by Gasteiger charge is -2.11. The second-order valence-electron chi connectivity index (χ2n) is 4.66. The number of carbonyl (C=O) groups excluding carboxylic acids is 1. The van der Waals surface area contributed by atoms with E-state index in [4.69, 9.17) is 16.3 Å². The summed E-state index contributed by atoms with van der Waals surface area (Å²) >= 11 is 5.81. The third kappa shape index (κ3) is 3.65. The Bertz CT molecular complexity index is 785. The quantitative estimate of drug-likeness (QED) is 0.634. The van der Waals surface area contributed by atoms with E-state index in [0.29, 0.717) is 10.8 Å². The molecule has 0 aliphatic rings. The number of hydrogen-bond donors (Lipinski definition) is 0. The normalized spacial score (nSPS) is 11.5. The molecule has 22 heavy (non-hydrogen) atoms. The molecule has 0 spiro atoms. The van der Waals surface area contributed by atoms with Gasteiger partial charge in [-0.2, -0.15) is 0 Å². The van der Waals surface area contributed by atoms with Gasteiger partial charge in [-0.25, -0.2) is 17.5 Å². The molecule has 0 aliphatic carbocycles. The minimum absolute atomic E-state index is 0.108. The fraction of sp³-hybridized carbons (Fsp3) is 0.133. The first-order valence-electron chi connectivity index (χ1n) is 6.31. The standard InChI is InChI=1S/C15H14ClNO4S/c1-17(2)22(19,20)14-8-6-11(7-9-14)15(18)21-13-5-3-4-12(16)10-13/h3-10H,1-2H3. The summed E-state index contributed by atoms with van der Waals surface area (Å²) in [4.78, 5) is 12.1. The van der Waals surface area contributed by atoms with Crippen LogP contribution in [-0.2, 0) is 10.0 Å². The maximum absolute atomic E-state index is 12.0. The number of benzene rings is 2. The molecule has 0 heterocycles. The van der Waals surface area contributed by atoms with Gasteiger partial charge in [0.25, 0.3) is 0 Å². The lowest BCUT2D eigenvalue weighted by Crippen LogP contribution is -2.22. The van der Waals surface area contributed by atoms with Crippen LogP contribution in [0.5, 0.6) is 5.75 Å². The van der Waals surface area contributed by atoms with Crippen molar-refractivity contribution in [3.63, 3.8) is 0 Å². The van der Waals surface area contributed by atoms with Gasteiger partial charge in [0.15, 0.2) is 0 Å². The van der Waals surface area contributed by atoms with Crippen molar-refractivity contribution >= 4 is 27.6 Å².